The summed E-state index contributed by atoms with van der Waals surface area (Å²) in [5.41, 5.74) is 2.53. The normalized spacial score (nSPS) is 10.3. The number of rotatable bonds is 7. The smallest absolute Gasteiger partial charge is 0.193 e. The maximum Gasteiger partial charge on any atom is 0.193 e. The van der Waals surface area contributed by atoms with Crippen molar-refractivity contribution in [2.24, 2.45) is 0 Å². The van der Waals surface area contributed by atoms with Gasteiger partial charge >= 0.3 is 0 Å². The Morgan fingerprint density at radius 2 is 1.36 bits per heavy atom. The highest BCUT2D eigenvalue weighted by atomic mass is 16.5. The van der Waals surface area contributed by atoms with Crippen LogP contribution in [-0.4, -0.2) is 25.5 Å². The Balaban J connectivity index is 2.15. The number of ketones is 1. The Hall–Kier alpha value is -2.29. The van der Waals surface area contributed by atoms with Crippen LogP contribution >= 0.6 is 0 Å². The molecule has 2 aromatic carbocycles. The summed E-state index contributed by atoms with van der Waals surface area (Å²) < 4.78 is 5.40. The summed E-state index contributed by atoms with van der Waals surface area (Å²) in [6, 6.07) is 15.1. The molecule has 2 aromatic rings. The van der Waals surface area contributed by atoms with E-state index in [2.05, 4.69) is 18.7 Å². The third-order valence-electron chi connectivity index (χ3n) is 3.69. The molecule has 3 heteroatoms. The second-order valence-electron chi connectivity index (χ2n) is 5.01. The second kappa shape index (κ2) is 7.64. The minimum absolute atomic E-state index is 0.0362. The standard InChI is InChI=1S/C19H23NO2/c1-4-20(5-2)17-11-7-15(8-12-17)19(21)16-9-13-18(14-10-16)22-6-3/h7-14H,4-6H2,1-3H3. The number of anilines is 1. The Kier molecular flexibility index (Phi) is 5.59. The highest BCUT2D eigenvalue weighted by molar-refractivity contribution is 6.09. The Bertz CT molecular complexity index is 598. The zero-order chi connectivity index (χ0) is 15.9. The average Bonchev–Trinajstić information content (AvgIpc) is 2.57. The number of carbonyl (C=O) groups is 1. The molecule has 0 atom stereocenters. The lowest BCUT2D eigenvalue weighted by atomic mass is 10.0. The molecule has 0 spiro atoms. The topological polar surface area (TPSA) is 29.5 Å². The number of hydrogen-bond donors (Lipinski definition) is 0. The Labute approximate surface area is 132 Å². The van der Waals surface area contributed by atoms with Crippen molar-refractivity contribution in [2.45, 2.75) is 20.8 Å². The van der Waals surface area contributed by atoms with Crippen LogP contribution in [0.15, 0.2) is 48.5 Å². The average molecular weight is 297 g/mol. The molecular formula is C19H23NO2. The molecule has 0 N–H and O–H groups in total. The first-order chi connectivity index (χ1) is 10.7. The molecule has 2 rings (SSSR count). The van der Waals surface area contributed by atoms with Crippen LogP contribution in [0.25, 0.3) is 0 Å². The quantitative estimate of drug-likeness (QED) is 0.719. The van der Waals surface area contributed by atoms with E-state index in [4.69, 9.17) is 4.74 Å². The van der Waals surface area contributed by atoms with Crippen molar-refractivity contribution in [1.82, 2.24) is 0 Å². The van der Waals surface area contributed by atoms with Crippen molar-refractivity contribution >= 4 is 11.5 Å². The van der Waals surface area contributed by atoms with E-state index in [-0.39, 0.29) is 5.78 Å². The minimum atomic E-state index is 0.0362. The lowest BCUT2D eigenvalue weighted by Gasteiger charge is -2.21. The predicted molar refractivity (Wildman–Crippen MR) is 91.0 cm³/mol. The third kappa shape index (κ3) is 3.67. The summed E-state index contributed by atoms with van der Waals surface area (Å²) in [4.78, 5) is 14.7. The van der Waals surface area contributed by atoms with Gasteiger partial charge in [-0.15, -0.1) is 0 Å². The molecule has 116 valence electrons. The maximum atomic E-state index is 12.5. The number of benzene rings is 2. The monoisotopic (exact) mass is 297 g/mol. The summed E-state index contributed by atoms with van der Waals surface area (Å²) >= 11 is 0. The van der Waals surface area contributed by atoms with Gasteiger partial charge in [-0.2, -0.15) is 0 Å². The highest BCUT2D eigenvalue weighted by Gasteiger charge is 2.10. The van der Waals surface area contributed by atoms with E-state index in [1.54, 1.807) is 0 Å². The highest BCUT2D eigenvalue weighted by Crippen LogP contribution is 2.19. The van der Waals surface area contributed by atoms with Crippen LogP contribution in [0.3, 0.4) is 0 Å². The van der Waals surface area contributed by atoms with Gasteiger partial charge in [0, 0.05) is 29.9 Å². The fourth-order valence-corrected chi connectivity index (χ4v) is 2.45. The van der Waals surface area contributed by atoms with Gasteiger partial charge in [0.1, 0.15) is 5.75 Å². The van der Waals surface area contributed by atoms with Crippen molar-refractivity contribution in [3.63, 3.8) is 0 Å². The molecule has 0 aromatic heterocycles. The lowest BCUT2D eigenvalue weighted by molar-refractivity contribution is 0.103. The van der Waals surface area contributed by atoms with Crippen LogP contribution < -0.4 is 9.64 Å². The first kappa shape index (κ1) is 16.1. The van der Waals surface area contributed by atoms with Crippen molar-refractivity contribution in [2.75, 3.05) is 24.6 Å². The molecular weight excluding hydrogens is 274 g/mol. The number of carbonyl (C=O) groups excluding carboxylic acids is 1. The van der Waals surface area contributed by atoms with Crippen molar-refractivity contribution in [1.29, 1.82) is 0 Å². The van der Waals surface area contributed by atoms with E-state index in [9.17, 15) is 4.79 Å². The largest absolute Gasteiger partial charge is 0.494 e. The van der Waals surface area contributed by atoms with E-state index >= 15 is 0 Å². The van der Waals surface area contributed by atoms with Crippen LogP contribution in [0.2, 0.25) is 0 Å². The van der Waals surface area contributed by atoms with Gasteiger partial charge < -0.3 is 9.64 Å². The fraction of sp³-hybridized carbons (Fsp3) is 0.316. The molecule has 0 heterocycles. The SMILES string of the molecule is CCOc1ccc(C(=O)c2ccc(N(CC)CC)cc2)cc1. The van der Waals surface area contributed by atoms with Crippen LogP contribution in [-0.2, 0) is 0 Å². The van der Waals surface area contributed by atoms with Crippen LogP contribution in [0.4, 0.5) is 5.69 Å². The molecule has 0 bridgehead atoms. The van der Waals surface area contributed by atoms with E-state index in [1.807, 2.05) is 55.5 Å². The van der Waals surface area contributed by atoms with Crippen molar-refractivity contribution < 1.29 is 9.53 Å². The lowest BCUT2D eigenvalue weighted by Crippen LogP contribution is -2.21. The zero-order valence-corrected chi connectivity index (χ0v) is 13.5. The van der Waals surface area contributed by atoms with Gasteiger partial charge in [-0.05, 0) is 69.3 Å². The Morgan fingerprint density at radius 3 is 1.82 bits per heavy atom. The van der Waals surface area contributed by atoms with Gasteiger partial charge in [-0.1, -0.05) is 0 Å². The molecule has 0 saturated carbocycles. The van der Waals surface area contributed by atoms with Crippen molar-refractivity contribution in [3.8, 4) is 5.75 Å². The van der Waals surface area contributed by atoms with Gasteiger partial charge in [0.15, 0.2) is 5.78 Å². The summed E-state index contributed by atoms with van der Waals surface area (Å²) in [5.74, 6) is 0.824. The number of ether oxygens (including phenoxy) is 1. The molecule has 0 saturated heterocycles. The molecule has 0 unspecified atom stereocenters. The third-order valence-corrected chi connectivity index (χ3v) is 3.69. The molecule has 3 nitrogen and oxygen atoms in total. The zero-order valence-electron chi connectivity index (χ0n) is 13.5. The summed E-state index contributed by atoms with van der Waals surface area (Å²) in [5, 5.41) is 0. The second-order valence-corrected chi connectivity index (χ2v) is 5.01. The van der Waals surface area contributed by atoms with E-state index < -0.39 is 0 Å². The van der Waals surface area contributed by atoms with E-state index in [0.29, 0.717) is 17.7 Å². The molecule has 0 amide bonds. The molecule has 0 aliphatic heterocycles. The first-order valence-corrected chi connectivity index (χ1v) is 7.82. The maximum absolute atomic E-state index is 12.5. The van der Waals surface area contributed by atoms with Gasteiger partial charge in [0.05, 0.1) is 6.61 Å². The molecule has 0 fully saturated rings. The first-order valence-electron chi connectivity index (χ1n) is 7.82. The molecule has 22 heavy (non-hydrogen) atoms. The number of nitrogens with zero attached hydrogens (tertiary/aromatic N) is 1. The molecule has 0 aliphatic carbocycles. The van der Waals surface area contributed by atoms with Gasteiger partial charge in [0.2, 0.25) is 0 Å². The van der Waals surface area contributed by atoms with Gasteiger partial charge in [-0.3, -0.25) is 4.79 Å². The number of hydrogen-bond acceptors (Lipinski definition) is 3. The molecule has 0 radical (unpaired) electrons. The fourth-order valence-electron chi connectivity index (χ4n) is 2.45. The van der Waals surface area contributed by atoms with E-state index in [1.165, 1.54) is 0 Å². The Morgan fingerprint density at radius 1 is 0.864 bits per heavy atom. The summed E-state index contributed by atoms with van der Waals surface area (Å²) in [7, 11) is 0. The van der Waals surface area contributed by atoms with Crippen LogP contribution in [0, 0.1) is 0 Å². The summed E-state index contributed by atoms with van der Waals surface area (Å²) in [6.45, 7) is 8.74. The summed E-state index contributed by atoms with van der Waals surface area (Å²) in [6.07, 6.45) is 0. The van der Waals surface area contributed by atoms with Gasteiger partial charge in [-0.25, -0.2) is 0 Å². The van der Waals surface area contributed by atoms with Gasteiger partial charge in [0.25, 0.3) is 0 Å². The van der Waals surface area contributed by atoms with Crippen LogP contribution in [0.5, 0.6) is 5.75 Å². The minimum Gasteiger partial charge on any atom is -0.494 e. The van der Waals surface area contributed by atoms with Crippen molar-refractivity contribution in [3.05, 3.63) is 59.7 Å². The van der Waals surface area contributed by atoms with E-state index in [0.717, 1.165) is 24.5 Å². The van der Waals surface area contributed by atoms with Crippen LogP contribution in [0.1, 0.15) is 36.7 Å². The molecule has 0 aliphatic rings. The predicted octanol–water partition coefficient (Wildman–Crippen LogP) is 4.16.